The van der Waals surface area contributed by atoms with E-state index in [0.29, 0.717) is 0 Å². The lowest BCUT2D eigenvalue weighted by atomic mass is 10.0. The first-order valence-corrected chi connectivity index (χ1v) is 19.1. The highest BCUT2D eigenvalue weighted by molar-refractivity contribution is 7.73. The van der Waals surface area contributed by atoms with E-state index in [9.17, 15) is 0 Å². The van der Waals surface area contributed by atoms with Gasteiger partial charge in [0.05, 0.1) is 0 Å². The van der Waals surface area contributed by atoms with Gasteiger partial charge in [-0.05, 0) is 79.5 Å². The molecule has 0 nitrogen and oxygen atoms in total. The predicted octanol–water partition coefficient (Wildman–Crippen LogP) is 10.5. The van der Waals surface area contributed by atoms with Crippen molar-refractivity contribution in [3.63, 3.8) is 0 Å². The van der Waals surface area contributed by atoms with E-state index in [2.05, 4.69) is 56.4 Å². The van der Waals surface area contributed by atoms with Crippen molar-refractivity contribution in [3.8, 4) is 0 Å². The van der Waals surface area contributed by atoms with Gasteiger partial charge >= 0.3 is 6.00 Å². The van der Waals surface area contributed by atoms with Crippen molar-refractivity contribution in [2.75, 3.05) is 0 Å². The average Bonchev–Trinajstić information content (AvgIpc) is 3.52. The Hall–Kier alpha value is -0.333. The number of thiophene rings is 3. The molecule has 178 valence electrons. The minimum atomic E-state index is -2.80. The molecule has 7 heteroatoms. The van der Waals surface area contributed by atoms with Gasteiger partial charge in [0.15, 0.2) is 0 Å². The molecule has 3 rings (SSSR count). The largest absolute Gasteiger partial charge is 0.383 e. The fourth-order valence-electron chi connectivity index (χ4n) is 3.57. The van der Waals surface area contributed by atoms with E-state index in [0.717, 1.165) is 22.2 Å². The maximum atomic E-state index is 6.15. The standard InChI is InChI=1S/C26H31Cl3S3Si/c1-3-5-6-7-8-9-10-20-19-24(14-13-23-16-18-26(32-23)33(27,28)29)31-25(20)17-15-22-12-11-21(4-2)30-22/h11-19H,3-10H2,1-2H3/b14-13+,17-15+. The Morgan fingerprint density at radius 2 is 1.39 bits per heavy atom. The molecule has 3 aromatic heterocycles. The molecular formula is C26H31Cl3S3Si. The van der Waals surface area contributed by atoms with Crippen LogP contribution < -0.4 is 4.50 Å². The third kappa shape index (κ3) is 8.99. The van der Waals surface area contributed by atoms with Crippen LogP contribution in [-0.2, 0) is 12.8 Å². The molecule has 0 unspecified atom stereocenters. The summed E-state index contributed by atoms with van der Waals surface area (Å²) in [5.41, 5.74) is 1.46. The van der Waals surface area contributed by atoms with E-state index in [1.165, 1.54) is 63.6 Å². The third-order valence-corrected chi connectivity index (χ3v) is 13.4. The minimum absolute atomic E-state index is 0.883. The molecule has 0 radical (unpaired) electrons. The molecule has 0 saturated heterocycles. The van der Waals surface area contributed by atoms with Crippen LogP contribution in [-0.4, -0.2) is 6.00 Å². The Morgan fingerprint density at radius 3 is 2.09 bits per heavy atom. The summed E-state index contributed by atoms with van der Waals surface area (Å²) in [6.07, 6.45) is 19.1. The Labute approximate surface area is 226 Å². The van der Waals surface area contributed by atoms with Crippen LogP contribution in [0.15, 0.2) is 30.3 Å². The Morgan fingerprint density at radius 1 is 0.727 bits per heavy atom. The van der Waals surface area contributed by atoms with Crippen LogP contribution >= 0.6 is 67.2 Å². The average molecular weight is 574 g/mol. The van der Waals surface area contributed by atoms with Gasteiger partial charge < -0.3 is 0 Å². The monoisotopic (exact) mass is 572 g/mol. The van der Waals surface area contributed by atoms with Gasteiger partial charge in [0.2, 0.25) is 0 Å². The summed E-state index contributed by atoms with van der Waals surface area (Å²) >= 11 is 23.8. The molecule has 33 heavy (non-hydrogen) atoms. The predicted molar refractivity (Wildman–Crippen MR) is 160 cm³/mol. The van der Waals surface area contributed by atoms with Crippen molar-refractivity contribution >= 4 is 102 Å². The Kier molecular flexibility index (Phi) is 11.3. The third-order valence-electron chi connectivity index (χ3n) is 5.41. The quantitative estimate of drug-likeness (QED) is 0.108. The first-order valence-electron chi connectivity index (χ1n) is 11.6. The van der Waals surface area contributed by atoms with Crippen LogP contribution in [0.4, 0.5) is 0 Å². The van der Waals surface area contributed by atoms with Crippen LogP contribution in [0, 0.1) is 0 Å². The number of hydrogen-bond donors (Lipinski definition) is 0. The smallest absolute Gasteiger partial charge is 0.142 e. The van der Waals surface area contributed by atoms with Crippen LogP contribution in [0.2, 0.25) is 0 Å². The lowest BCUT2D eigenvalue weighted by molar-refractivity contribution is 0.608. The van der Waals surface area contributed by atoms with E-state index in [4.69, 9.17) is 33.2 Å². The number of unbranched alkanes of at least 4 members (excludes halogenated alkanes) is 5. The summed E-state index contributed by atoms with van der Waals surface area (Å²) in [5.74, 6) is 0. The van der Waals surface area contributed by atoms with Gasteiger partial charge in [-0.25, -0.2) is 0 Å². The first kappa shape index (κ1) is 27.3. The summed E-state index contributed by atoms with van der Waals surface area (Å²) < 4.78 is 0.883. The highest BCUT2D eigenvalue weighted by Gasteiger charge is 2.29. The van der Waals surface area contributed by atoms with Gasteiger partial charge in [0.1, 0.15) is 0 Å². The summed E-state index contributed by atoms with van der Waals surface area (Å²) in [7, 11) is 0. The molecule has 0 spiro atoms. The van der Waals surface area contributed by atoms with Crippen molar-refractivity contribution < 1.29 is 0 Å². The van der Waals surface area contributed by atoms with Crippen molar-refractivity contribution in [1.29, 1.82) is 0 Å². The SMILES string of the molecule is CCCCCCCCc1cc(/C=C/c2ccc([Si](Cl)(Cl)Cl)s2)sc1/C=C/c1ccc(CC)s1. The maximum Gasteiger partial charge on any atom is 0.383 e. The fraction of sp³-hybridized carbons (Fsp3) is 0.385. The van der Waals surface area contributed by atoms with E-state index < -0.39 is 6.00 Å². The van der Waals surface area contributed by atoms with Crippen molar-refractivity contribution in [2.45, 2.75) is 65.2 Å². The molecule has 0 aromatic carbocycles. The molecule has 0 aliphatic rings. The second-order valence-electron chi connectivity index (χ2n) is 8.08. The summed E-state index contributed by atoms with van der Waals surface area (Å²) in [5, 5.41) is 0. The van der Waals surface area contributed by atoms with E-state index in [-0.39, 0.29) is 0 Å². The number of rotatable bonds is 13. The second kappa shape index (κ2) is 13.7. The fourth-order valence-corrected chi connectivity index (χ4v) is 8.80. The maximum absolute atomic E-state index is 6.15. The molecule has 3 aromatic rings. The first-order chi connectivity index (χ1) is 15.9. The molecular weight excluding hydrogens is 543 g/mol. The molecule has 0 saturated carbocycles. The summed E-state index contributed by atoms with van der Waals surface area (Å²) in [4.78, 5) is 6.53. The van der Waals surface area contributed by atoms with Gasteiger partial charge in [0, 0.05) is 28.9 Å². The molecule has 0 atom stereocenters. The topological polar surface area (TPSA) is 0 Å². The summed E-state index contributed by atoms with van der Waals surface area (Å²) in [6.45, 7) is 4.48. The van der Waals surface area contributed by atoms with Gasteiger partial charge in [-0.3, -0.25) is 0 Å². The van der Waals surface area contributed by atoms with Gasteiger partial charge in [-0.1, -0.05) is 46.0 Å². The van der Waals surface area contributed by atoms with Crippen LogP contribution in [0.1, 0.15) is 82.3 Å². The molecule has 0 fully saturated rings. The molecule has 0 amide bonds. The van der Waals surface area contributed by atoms with Crippen molar-refractivity contribution in [2.24, 2.45) is 0 Å². The lowest BCUT2D eigenvalue weighted by Gasteiger charge is -2.01. The minimum Gasteiger partial charge on any atom is -0.142 e. The molecule has 0 aliphatic heterocycles. The zero-order chi connectivity index (χ0) is 23.7. The Balaban J connectivity index is 1.72. The van der Waals surface area contributed by atoms with Crippen molar-refractivity contribution in [3.05, 3.63) is 60.3 Å². The van der Waals surface area contributed by atoms with Gasteiger partial charge in [0.25, 0.3) is 0 Å². The van der Waals surface area contributed by atoms with E-state index >= 15 is 0 Å². The highest BCUT2D eigenvalue weighted by Crippen LogP contribution is 2.30. The molecule has 3 heterocycles. The number of aryl methyl sites for hydroxylation is 2. The number of hydrogen-bond acceptors (Lipinski definition) is 3. The van der Waals surface area contributed by atoms with Crippen molar-refractivity contribution in [1.82, 2.24) is 0 Å². The van der Waals surface area contributed by atoms with Gasteiger partial charge in [-0.15, -0.1) is 67.2 Å². The normalized spacial score (nSPS) is 12.5. The zero-order valence-corrected chi connectivity index (χ0v) is 24.9. The lowest BCUT2D eigenvalue weighted by Crippen LogP contribution is -2.26. The molecule has 0 bridgehead atoms. The Bertz CT molecular complexity index is 1050. The van der Waals surface area contributed by atoms with E-state index in [1.54, 1.807) is 11.3 Å². The second-order valence-corrected chi connectivity index (χ2v) is 20.3. The van der Waals surface area contributed by atoms with E-state index in [1.807, 2.05) is 34.8 Å². The summed E-state index contributed by atoms with van der Waals surface area (Å²) in [6, 6.07) is 8.01. The molecule has 0 N–H and O–H groups in total. The zero-order valence-electron chi connectivity index (χ0n) is 19.2. The van der Waals surface area contributed by atoms with Crippen LogP contribution in [0.3, 0.4) is 0 Å². The molecule has 0 aliphatic carbocycles. The van der Waals surface area contributed by atoms with Crippen LogP contribution in [0.25, 0.3) is 24.3 Å². The van der Waals surface area contributed by atoms with Gasteiger partial charge in [-0.2, -0.15) is 0 Å². The number of halogens is 3. The van der Waals surface area contributed by atoms with Crippen LogP contribution in [0.5, 0.6) is 0 Å². The highest BCUT2D eigenvalue weighted by atomic mass is 35.8.